The van der Waals surface area contributed by atoms with Gasteiger partial charge in [0.15, 0.2) is 0 Å². The summed E-state index contributed by atoms with van der Waals surface area (Å²) >= 11 is 3.38. The predicted molar refractivity (Wildman–Crippen MR) is 61.6 cm³/mol. The minimum atomic E-state index is -0.808. The molecule has 0 radical (unpaired) electrons. The highest BCUT2D eigenvalue weighted by Crippen LogP contribution is 2.36. The number of aromatic nitrogens is 1. The van der Waals surface area contributed by atoms with Crippen LogP contribution in [-0.2, 0) is 11.2 Å². The average molecular weight is 243 g/mol. The van der Waals surface area contributed by atoms with Crippen molar-refractivity contribution in [1.82, 2.24) is 4.98 Å². The average Bonchev–Trinajstić information content (AvgIpc) is 2.77. The van der Waals surface area contributed by atoms with E-state index in [1.807, 2.05) is 17.1 Å². The summed E-state index contributed by atoms with van der Waals surface area (Å²) in [6, 6.07) is 0. The summed E-state index contributed by atoms with van der Waals surface area (Å²) < 4.78 is 1.03. The smallest absolute Gasteiger partial charge is 0.309 e. The van der Waals surface area contributed by atoms with E-state index in [-0.39, 0.29) is 6.42 Å². The number of rotatable bonds is 4. The number of thiazole rings is 1. The van der Waals surface area contributed by atoms with Crippen molar-refractivity contribution in [2.24, 2.45) is 0 Å². The van der Waals surface area contributed by atoms with Gasteiger partial charge in [0, 0.05) is 10.6 Å². The highest BCUT2D eigenvalue weighted by molar-refractivity contribution is 8.01. The molecule has 0 aliphatic heterocycles. The molecule has 0 aromatic carbocycles. The number of carboxylic acid groups (broad SMARTS) is 1. The van der Waals surface area contributed by atoms with Crippen LogP contribution in [-0.4, -0.2) is 21.3 Å². The Kier molecular flexibility index (Phi) is 3.64. The largest absolute Gasteiger partial charge is 0.481 e. The van der Waals surface area contributed by atoms with Crippen molar-refractivity contribution in [2.45, 2.75) is 41.7 Å². The topological polar surface area (TPSA) is 50.2 Å². The second kappa shape index (κ2) is 4.99. The molecule has 1 aromatic rings. The summed E-state index contributed by atoms with van der Waals surface area (Å²) in [5, 5.41) is 11.2. The maximum absolute atomic E-state index is 10.5. The lowest BCUT2D eigenvalue weighted by Crippen LogP contribution is -2.00. The molecule has 0 spiro atoms. The Morgan fingerprint density at radius 1 is 1.60 bits per heavy atom. The van der Waals surface area contributed by atoms with Gasteiger partial charge in [-0.3, -0.25) is 4.79 Å². The van der Waals surface area contributed by atoms with Crippen molar-refractivity contribution in [2.75, 3.05) is 0 Å². The minimum absolute atomic E-state index is 0.0434. The zero-order valence-corrected chi connectivity index (χ0v) is 9.94. The first-order valence-corrected chi connectivity index (χ1v) is 6.83. The van der Waals surface area contributed by atoms with E-state index in [9.17, 15) is 4.79 Å². The summed E-state index contributed by atoms with van der Waals surface area (Å²) in [4.78, 5) is 14.8. The van der Waals surface area contributed by atoms with Crippen LogP contribution < -0.4 is 0 Å². The summed E-state index contributed by atoms with van der Waals surface area (Å²) in [6.07, 6.45) is 5.24. The fourth-order valence-electron chi connectivity index (χ4n) is 1.73. The summed E-state index contributed by atoms with van der Waals surface area (Å²) in [5.74, 6) is -0.808. The first-order valence-electron chi connectivity index (χ1n) is 5.07. The summed E-state index contributed by atoms with van der Waals surface area (Å²) in [7, 11) is 0. The van der Waals surface area contributed by atoms with Crippen molar-refractivity contribution in [3.05, 3.63) is 11.1 Å². The van der Waals surface area contributed by atoms with Gasteiger partial charge in [0.05, 0.1) is 12.1 Å². The van der Waals surface area contributed by atoms with E-state index >= 15 is 0 Å². The number of hydrogen-bond donors (Lipinski definition) is 1. The van der Waals surface area contributed by atoms with E-state index < -0.39 is 5.97 Å². The standard InChI is InChI=1S/C10H13NO2S2/c12-9(13)5-7-6-14-10(11-7)15-8-3-1-2-4-8/h6,8H,1-5H2,(H,12,13). The highest BCUT2D eigenvalue weighted by atomic mass is 32.2. The van der Waals surface area contributed by atoms with Gasteiger partial charge in [-0.2, -0.15) is 0 Å². The lowest BCUT2D eigenvalue weighted by atomic mass is 10.3. The predicted octanol–water partition coefficient (Wildman–Crippen LogP) is 2.80. The first kappa shape index (κ1) is 11.0. The van der Waals surface area contributed by atoms with Crippen LogP contribution in [0.15, 0.2) is 9.72 Å². The van der Waals surface area contributed by atoms with Crippen LogP contribution in [0.4, 0.5) is 0 Å². The van der Waals surface area contributed by atoms with Crippen LogP contribution in [0.5, 0.6) is 0 Å². The Balaban J connectivity index is 1.91. The third-order valence-corrected chi connectivity index (χ3v) is 4.79. The molecule has 0 saturated heterocycles. The van der Waals surface area contributed by atoms with Crippen LogP contribution in [0.3, 0.4) is 0 Å². The van der Waals surface area contributed by atoms with E-state index in [2.05, 4.69) is 4.98 Å². The number of carboxylic acids is 1. The van der Waals surface area contributed by atoms with Crippen molar-refractivity contribution in [1.29, 1.82) is 0 Å². The highest BCUT2D eigenvalue weighted by Gasteiger charge is 2.18. The van der Waals surface area contributed by atoms with Gasteiger partial charge < -0.3 is 5.11 Å². The van der Waals surface area contributed by atoms with E-state index in [0.717, 1.165) is 4.34 Å². The third-order valence-electron chi connectivity index (χ3n) is 2.43. The van der Waals surface area contributed by atoms with E-state index in [0.29, 0.717) is 10.9 Å². The maximum atomic E-state index is 10.5. The molecule has 1 aromatic heterocycles. The Hall–Kier alpha value is -0.550. The van der Waals surface area contributed by atoms with Gasteiger partial charge in [0.25, 0.3) is 0 Å². The number of nitrogens with zero attached hydrogens (tertiary/aromatic N) is 1. The second-order valence-corrected chi connectivity index (χ2v) is 6.11. The zero-order valence-electron chi connectivity index (χ0n) is 8.31. The molecule has 0 atom stereocenters. The van der Waals surface area contributed by atoms with Crippen molar-refractivity contribution < 1.29 is 9.90 Å². The van der Waals surface area contributed by atoms with Gasteiger partial charge in [-0.05, 0) is 12.8 Å². The first-order chi connectivity index (χ1) is 7.24. The van der Waals surface area contributed by atoms with Gasteiger partial charge in [-0.1, -0.05) is 24.6 Å². The van der Waals surface area contributed by atoms with Gasteiger partial charge in [0.2, 0.25) is 0 Å². The second-order valence-electron chi connectivity index (χ2n) is 3.70. The van der Waals surface area contributed by atoms with Crippen LogP contribution in [0.2, 0.25) is 0 Å². The molecular formula is C10H13NO2S2. The summed E-state index contributed by atoms with van der Waals surface area (Å²) in [6.45, 7) is 0. The Bertz CT molecular complexity index is 345. The minimum Gasteiger partial charge on any atom is -0.481 e. The van der Waals surface area contributed by atoms with Crippen molar-refractivity contribution in [3.63, 3.8) is 0 Å². The van der Waals surface area contributed by atoms with E-state index in [1.54, 1.807) is 11.3 Å². The number of aliphatic carboxylic acids is 1. The third kappa shape index (κ3) is 3.21. The quantitative estimate of drug-likeness (QED) is 0.883. The molecule has 1 aliphatic carbocycles. The molecule has 0 unspecified atom stereocenters. The van der Waals surface area contributed by atoms with Gasteiger partial charge in [0.1, 0.15) is 4.34 Å². The van der Waals surface area contributed by atoms with Crippen molar-refractivity contribution in [3.8, 4) is 0 Å². The molecule has 5 heteroatoms. The molecule has 3 nitrogen and oxygen atoms in total. The SMILES string of the molecule is O=C(O)Cc1csc(SC2CCCC2)n1. The molecule has 1 aliphatic rings. The molecule has 0 bridgehead atoms. The van der Waals surface area contributed by atoms with Crippen LogP contribution in [0.1, 0.15) is 31.4 Å². The van der Waals surface area contributed by atoms with Gasteiger partial charge >= 0.3 is 5.97 Å². The lowest BCUT2D eigenvalue weighted by Gasteiger charge is -2.03. The van der Waals surface area contributed by atoms with Gasteiger partial charge in [-0.25, -0.2) is 4.98 Å². The zero-order chi connectivity index (χ0) is 10.7. The van der Waals surface area contributed by atoms with Crippen LogP contribution >= 0.6 is 23.1 Å². The Labute approximate surface area is 96.9 Å². The fourth-order valence-corrected chi connectivity index (χ4v) is 4.07. The Morgan fingerprint density at radius 3 is 3.00 bits per heavy atom. The number of hydrogen-bond acceptors (Lipinski definition) is 4. The maximum Gasteiger partial charge on any atom is 0.309 e. The molecule has 1 fully saturated rings. The van der Waals surface area contributed by atoms with Crippen LogP contribution in [0, 0.1) is 0 Å². The molecule has 2 rings (SSSR count). The molecular weight excluding hydrogens is 230 g/mol. The summed E-state index contributed by atoms with van der Waals surface area (Å²) in [5.41, 5.74) is 0.688. The molecule has 1 saturated carbocycles. The lowest BCUT2D eigenvalue weighted by molar-refractivity contribution is -0.136. The molecule has 1 N–H and O–H groups in total. The number of carbonyl (C=O) groups is 1. The van der Waals surface area contributed by atoms with Crippen LogP contribution in [0.25, 0.3) is 0 Å². The van der Waals surface area contributed by atoms with Gasteiger partial charge in [-0.15, -0.1) is 11.3 Å². The molecule has 82 valence electrons. The molecule has 15 heavy (non-hydrogen) atoms. The van der Waals surface area contributed by atoms with Crippen molar-refractivity contribution >= 4 is 29.1 Å². The molecule has 0 amide bonds. The van der Waals surface area contributed by atoms with E-state index in [1.165, 1.54) is 25.7 Å². The fraction of sp³-hybridized carbons (Fsp3) is 0.600. The number of thioether (sulfide) groups is 1. The monoisotopic (exact) mass is 243 g/mol. The van der Waals surface area contributed by atoms with E-state index in [4.69, 9.17) is 5.11 Å². The normalized spacial score (nSPS) is 17.1. The Morgan fingerprint density at radius 2 is 2.33 bits per heavy atom. The molecule has 1 heterocycles.